The summed E-state index contributed by atoms with van der Waals surface area (Å²) < 4.78 is 0. The van der Waals surface area contributed by atoms with E-state index in [1.54, 1.807) is 28.4 Å². The van der Waals surface area contributed by atoms with E-state index in [1.807, 2.05) is 41.9 Å². The van der Waals surface area contributed by atoms with E-state index in [0.29, 0.717) is 36.7 Å². The number of rotatable bonds is 5. The number of hydrogen-bond acceptors (Lipinski definition) is 5. The monoisotopic (exact) mass is 395 g/mol. The van der Waals surface area contributed by atoms with Crippen LogP contribution in [0.1, 0.15) is 33.5 Å². The van der Waals surface area contributed by atoms with Crippen molar-refractivity contribution in [2.75, 3.05) is 13.1 Å². The van der Waals surface area contributed by atoms with E-state index >= 15 is 0 Å². The molecule has 1 aliphatic heterocycles. The molecule has 3 heterocycles. The van der Waals surface area contributed by atoms with Gasteiger partial charge in [-0.1, -0.05) is 18.2 Å². The summed E-state index contributed by atoms with van der Waals surface area (Å²) in [5.74, 6) is 1.08. The third-order valence-electron chi connectivity index (χ3n) is 4.91. The molecule has 8 heteroatoms. The first-order valence-corrected chi connectivity index (χ1v) is 10.1. The molecule has 0 bridgehead atoms. The highest BCUT2D eigenvalue weighted by Gasteiger charge is 2.39. The Morgan fingerprint density at radius 3 is 2.75 bits per heavy atom. The zero-order valence-electron chi connectivity index (χ0n) is 15.5. The van der Waals surface area contributed by atoms with E-state index in [4.69, 9.17) is 0 Å². The molecule has 2 aromatic heterocycles. The van der Waals surface area contributed by atoms with Crippen molar-refractivity contribution in [2.24, 2.45) is 0 Å². The second-order valence-electron chi connectivity index (χ2n) is 6.94. The maximum absolute atomic E-state index is 12.8. The molecule has 7 nitrogen and oxygen atoms in total. The molecule has 0 aliphatic carbocycles. The number of hydrogen-bond donors (Lipinski definition) is 2. The van der Waals surface area contributed by atoms with Crippen molar-refractivity contribution in [1.29, 1.82) is 0 Å². The van der Waals surface area contributed by atoms with Gasteiger partial charge < -0.3 is 10.2 Å². The maximum Gasteiger partial charge on any atom is 0.251 e. The molecule has 1 aliphatic rings. The van der Waals surface area contributed by atoms with Gasteiger partial charge in [0.2, 0.25) is 5.91 Å². The van der Waals surface area contributed by atoms with Crippen LogP contribution in [-0.4, -0.2) is 51.0 Å². The second kappa shape index (κ2) is 7.93. The van der Waals surface area contributed by atoms with Gasteiger partial charge in [-0.25, -0.2) is 4.98 Å². The molecule has 1 saturated heterocycles. The number of nitrogens with one attached hydrogen (secondary N) is 2. The standard InChI is InChI=1S/C20H21N5O2S/c1-13-21-19(24-23-13)16-10-25(18(26)9-14-7-8-28-12-14)11-17(16)22-20(27)15-5-3-2-4-6-15/h2-8,12,16-17H,9-11H2,1H3,(H,22,27)(H,21,23,24)/t16-,17-/m1/s1. The Kier molecular flexibility index (Phi) is 5.21. The van der Waals surface area contributed by atoms with Crippen molar-refractivity contribution < 1.29 is 9.59 Å². The molecule has 2 atom stereocenters. The van der Waals surface area contributed by atoms with Gasteiger partial charge in [0.05, 0.1) is 18.4 Å². The van der Waals surface area contributed by atoms with Crippen LogP contribution in [0.2, 0.25) is 0 Å². The third kappa shape index (κ3) is 3.96. The summed E-state index contributed by atoms with van der Waals surface area (Å²) in [4.78, 5) is 31.7. The Hall–Kier alpha value is -3.00. The zero-order valence-corrected chi connectivity index (χ0v) is 16.3. The van der Waals surface area contributed by atoms with Gasteiger partial charge in [0.25, 0.3) is 5.91 Å². The van der Waals surface area contributed by atoms with Crippen molar-refractivity contribution in [3.63, 3.8) is 0 Å². The predicted octanol–water partition coefficient (Wildman–Crippen LogP) is 2.14. The predicted molar refractivity (Wildman–Crippen MR) is 106 cm³/mol. The van der Waals surface area contributed by atoms with Crippen LogP contribution in [0, 0.1) is 6.92 Å². The van der Waals surface area contributed by atoms with E-state index in [-0.39, 0.29) is 23.8 Å². The summed E-state index contributed by atoms with van der Waals surface area (Å²) in [6.45, 7) is 2.77. The number of aromatic amines is 1. The first kappa shape index (κ1) is 18.4. The average Bonchev–Trinajstić information content (AvgIpc) is 3.44. The lowest BCUT2D eigenvalue weighted by Gasteiger charge is -2.17. The number of H-pyrrole nitrogens is 1. The van der Waals surface area contributed by atoms with E-state index < -0.39 is 0 Å². The van der Waals surface area contributed by atoms with E-state index in [2.05, 4.69) is 20.5 Å². The number of carbonyl (C=O) groups excluding carboxylic acids is 2. The molecule has 3 aromatic rings. The number of benzene rings is 1. The fourth-order valence-electron chi connectivity index (χ4n) is 3.46. The Balaban J connectivity index is 1.51. The molecule has 4 rings (SSSR count). The van der Waals surface area contributed by atoms with Crippen LogP contribution in [0.5, 0.6) is 0 Å². The molecule has 1 aromatic carbocycles. The summed E-state index contributed by atoms with van der Waals surface area (Å²) in [6.07, 6.45) is 0.364. The lowest BCUT2D eigenvalue weighted by molar-refractivity contribution is -0.129. The van der Waals surface area contributed by atoms with Crippen LogP contribution in [-0.2, 0) is 11.2 Å². The number of thiophene rings is 1. The molecule has 0 saturated carbocycles. The minimum atomic E-state index is -0.241. The summed E-state index contributed by atoms with van der Waals surface area (Å²) in [7, 11) is 0. The van der Waals surface area contributed by atoms with Gasteiger partial charge in [-0.2, -0.15) is 16.4 Å². The SMILES string of the molecule is Cc1nc([C@@H]2CN(C(=O)Cc3ccsc3)C[C@H]2NC(=O)c2ccccc2)n[nH]1. The molecular formula is C20H21N5O2S. The topological polar surface area (TPSA) is 91.0 Å². The van der Waals surface area contributed by atoms with Gasteiger partial charge in [0.15, 0.2) is 5.82 Å². The minimum absolute atomic E-state index is 0.0483. The van der Waals surface area contributed by atoms with Gasteiger partial charge in [0.1, 0.15) is 5.82 Å². The van der Waals surface area contributed by atoms with Crippen LogP contribution in [0.4, 0.5) is 0 Å². The number of carbonyl (C=O) groups is 2. The molecule has 1 fully saturated rings. The molecule has 0 spiro atoms. The Labute approximate surface area is 166 Å². The van der Waals surface area contributed by atoms with Crippen molar-refractivity contribution >= 4 is 23.2 Å². The second-order valence-corrected chi connectivity index (χ2v) is 7.72. The molecule has 28 heavy (non-hydrogen) atoms. The quantitative estimate of drug-likeness (QED) is 0.692. The lowest BCUT2D eigenvalue weighted by Crippen LogP contribution is -2.40. The number of amides is 2. The van der Waals surface area contributed by atoms with Gasteiger partial charge in [-0.3, -0.25) is 14.7 Å². The zero-order chi connectivity index (χ0) is 19.5. The molecule has 144 valence electrons. The molecular weight excluding hydrogens is 374 g/mol. The van der Waals surface area contributed by atoms with Crippen LogP contribution in [0.25, 0.3) is 0 Å². The smallest absolute Gasteiger partial charge is 0.251 e. The van der Waals surface area contributed by atoms with Gasteiger partial charge in [-0.15, -0.1) is 0 Å². The van der Waals surface area contributed by atoms with E-state index in [0.717, 1.165) is 5.56 Å². The summed E-state index contributed by atoms with van der Waals surface area (Å²) >= 11 is 1.58. The van der Waals surface area contributed by atoms with Crippen LogP contribution in [0.3, 0.4) is 0 Å². The van der Waals surface area contributed by atoms with E-state index in [1.165, 1.54) is 0 Å². The summed E-state index contributed by atoms with van der Waals surface area (Å²) in [5.41, 5.74) is 1.60. The fourth-order valence-corrected chi connectivity index (χ4v) is 4.13. The van der Waals surface area contributed by atoms with Gasteiger partial charge in [-0.05, 0) is 41.4 Å². The Morgan fingerprint density at radius 1 is 1.25 bits per heavy atom. The number of aromatic nitrogens is 3. The average molecular weight is 395 g/mol. The Morgan fingerprint density at radius 2 is 2.07 bits per heavy atom. The van der Waals surface area contributed by atoms with Crippen LogP contribution >= 0.6 is 11.3 Å². The highest BCUT2D eigenvalue weighted by atomic mass is 32.1. The first-order valence-electron chi connectivity index (χ1n) is 9.14. The number of aryl methyl sites for hydroxylation is 1. The number of nitrogens with zero attached hydrogens (tertiary/aromatic N) is 3. The highest BCUT2D eigenvalue weighted by Crippen LogP contribution is 2.26. The number of likely N-dealkylation sites (tertiary alicyclic amines) is 1. The van der Waals surface area contributed by atoms with Crippen LogP contribution < -0.4 is 5.32 Å². The molecule has 2 amide bonds. The van der Waals surface area contributed by atoms with Crippen molar-refractivity contribution in [2.45, 2.75) is 25.3 Å². The molecule has 2 N–H and O–H groups in total. The van der Waals surface area contributed by atoms with Crippen LogP contribution in [0.15, 0.2) is 47.2 Å². The van der Waals surface area contributed by atoms with Crippen molar-refractivity contribution in [3.8, 4) is 0 Å². The first-order chi connectivity index (χ1) is 13.6. The Bertz CT molecular complexity index is 954. The normalized spacial score (nSPS) is 19.0. The summed E-state index contributed by atoms with van der Waals surface area (Å²) in [5, 5.41) is 14.2. The van der Waals surface area contributed by atoms with E-state index in [9.17, 15) is 9.59 Å². The van der Waals surface area contributed by atoms with Crippen molar-refractivity contribution in [3.05, 3.63) is 69.9 Å². The summed E-state index contributed by atoms with van der Waals surface area (Å²) in [6, 6.07) is 10.8. The fraction of sp³-hybridized carbons (Fsp3) is 0.300. The van der Waals surface area contributed by atoms with Crippen molar-refractivity contribution in [1.82, 2.24) is 25.4 Å². The largest absolute Gasteiger partial charge is 0.347 e. The third-order valence-corrected chi connectivity index (χ3v) is 5.64. The molecule has 0 unspecified atom stereocenters. The van der Waals surface area contributed by atoms with Gasteiger partial charge >= 0.3 is 0 Å². The minimum Gasteiger partial charge on any atom is -0.347 e. The van der Waals surface area contributed by atoms with Gasteiger partial charge in [0, 0.05) is 18.7 Å². The highest BCUT2D eigenvalue weighted by molar-refractivity contribution is 7.08. The lowest BCUT2D eigenvalue weighted by atomic mass is 10.0. The maximum atomic E-state index is 12.8. The molecule has 0 radical (unpaired) electrons.